The van der Waals surface area contributed by atoms with Crippen LogP contribution in [-0.2, 0) is 5.54 Å². The predicted molar refractivity (Wildman–Crippen MR) is 79.7 cm³/mol. The van der Waals surface area contributed by atoms with Gasteiger partial charge in [0.1, 0.15) is 16.7 Å². The Bertz CT molecular complexity index is 765. The van der Waals surface area contributed by atoms with Gasteiger partial charge < -0.3 is 0 Å². The highest BCUT2D eigenvalue weighted by atomic mass is 35.5. The van der Waals surface area contributed by atoms with Crippen LogP contribution in [0.5, 0.6) is 0 Å². The molecule has 2 aromatic rings. The molecule has 0 aliphatic rings. The number of carbonyl (C=O) groups is 1. The third-order valence-electron chi connectivity index (χ3n) is 3.04. The van der Waals surface area contributed by atoms with Crippen molar-refractivity contribution in [2.45, 2.75) is 26.3 Å². The Kier molecular flexibility index (Phi) is 4.02. The third-order valence-corrected chi connectivity index (χ3v) is 3.40. The second-order valence-electron chi connectivity index (χ2n) is 5.67. The highest BCUT2D eigenvalue weighted by Crippen LogP contribution is 2.33. The van der Waals surface area contributed by atoms with E-state index in [1.54, 1.807) is 0 Å². The lowest BCUT2D eigenvalue weighted by molar-refractivity contribution is -0.385. The molecule has 8 heteroatoms. The van der Waals surface area contributed by atoms with E-state index in [1.165, 1.54) is 10.7 Å². The molecular formula is C14H13ClFN3O3. The van der Waals surface area contributed by atoms with Crippen molar-refractivity contribution in [3.63, 3.8) is 0 Å². The number of hydrogen-bond donors (Lipinski definition) is 0. The minimum Gasteiger partial charge on any atom is -0.298 e. The molecule has 0 bridgehead atoms. The van der Waals surface area contributed by atoms with Gasteiger partial charge >= 0.3 is 0 Å². The number of carbonyl (C=O) groups excluding carboxylic acids is 1. The van der Waals surface area contributed by atoms with Gasteiger partial charge in [-0.25, -0.2) is 9.07 Å². The summed E-state index contributed by atoms with van der Waals surface area (Å²) in [6, 6.07) is 3.15. The number of hydrogen-bond acceptors (Lipinski definition) is 4. The first-order chi connectivity index (χ1) is 10.2. The first-order valence-electron chi connectivity index (χ1n) is 6.35. The number of nitro benzene ring substituents is 1. The molecule has 2 rings (SSSR count). The maximum Gasteiger partial charge on any atom is 0.272 e. The first kappa shape index (κ1) is 16.1. The maximum absolute atomic E-state index is 14.1. The van der Waals surface area contributed by atoms with Crippen molar-refractivity contribution in [3.8, 4) is 11.3 Å². The molecule has 0 saturated heterocycles. The van der Waals surface area contributed by atoms with Gasteiger partial charge in [0.15, 0.2) is 6.29 Å². The van der Waals surface area contributed by atoms with E-state index < -0.39 is 16.3 Å². The minimum absolute atomic E-state index is 0.0161. The molecule has 1 aromatic heterocycles. The van der Waals surface area contributed by atoms with E-state index in [2.05, 4.69) is 5.10 Å². The van der Waals surface area contributed by atoms with Gasteiger partial charge in [-0.15, -0.1) is 0 Å². The molecule has 0 radical (unpaired) electrons. The molecular weight excluding hydrogens is 313 g/mol. The Morgan fingerprint density at radius 3 is 2.50 bits per heavy atom. The number of halogens is 2. The lowest BCUT2D eigenvalue weighted by Gasteiger charge is -2.20. The number of benzene rings is 1. The molecule has 0 spiro atoms. The third kappa shape index (κ3) is 2.71. The van der Waals surface area contributed by atoms with Crippen LogP contribution in [0.3, 0.4) is 0 Å². The second kappa shape index (κ2) is 5.49. The number of rotatable bonds is 3. The summed E-state index contributed by atoms with van der Waals surface area (Å²) >= 11 is 6.14. The van der Waals surface area contributed by atoms with Crippen LogP contribution in [0.15, 0.2) is 18.2 Å². The largest absolute Gasteiger partial charge is 0.298 e. The van der Waals surface area contributed by atoms with Crippen LogP contribution in [0.4, 0.5) is 10.1 Å². The molecule has 0 atom stereocenters. The molecule has 0 N–H and O–H groups in total. The van der Waals surface area contributed by atoms with Crippen molar-refractivity contribution in [3.05, 3.63) is 44.8 Å². The molecule has 1 heterocycles. The zero-order chi connectivity index (χ0) is 16.7. The summed E-state index contributed by atoms with van der Waals surface area (Å²) < 4.78 is 15.5. The molecule has 6 nitrogen and oxygen atoms in total. The van der Waals surface area contributed by atoms with Crippen molar-refractivity contribution in [1.82, 2.24) is 9.78 Å². The molecule has 0 unspecified atom stereocenters. The Balaban J connectivity index is 2.68. The van der Waals surface area contributed by atoms with E-state index in [4.69, 9.17) is 11.6 Å². The fraction of sp³-hybridized carbons (Fsp3) is 0.286. The van der Waals surface area contributed by atoms with Gasteiger partial charge in [0.05, 0.1) is 22.1 Å². The van der Waals surface area contributed by atoms with Crippen LogP contribution in [0, 0.1) is 15.9 Å². The van der Waals surface area contributed by atoms with Crippen LogP contribution in [0.2, 0.25) is 5.15 Å². The predicted octanol–water partition coefficient (Wildman–Crippen LogP) is 3.82. The Morgan fingerprint density at radius 1 is 1.41 bits per heavy atom. The molecule has 116 valence electrons. The van der Waals surface area contributed by atoms with Crippen molar-refractivity contribution < 1.29 is 14.1 Å². The average Bonchev–Trinajstić information content (AvgIpc) is 2.75. The smallest absolute Gasteiger partial charge is 0.272 e. The zero-order valence-electron chi connectivity index (χ0n) is 12.1. The highest BCUT2D eigenvalue weighted by Gasteiger charge is 2.26. The van der Waals surface area contributed by atoms with Crippen LogP contribution in [0.1, 0.15) is 31.1 Å². The van der Waals surface area contributed by atoms with E-state index in [9.17, 15) is 19.3 Å². The molecule has 0 aliphatic carbocycles. The Labute approximate surface area is 130 Å². The van der Waals surface area contributed by atoms with Gasteiger partial charge in [-0.05, 0) is 26.8 Å². The maximum atomic E-state index is 14.1. The lowest BCUT2D eigenvalue weighted by atomic mass is 10.1. The van der Waals surface area contributed by atoms with Gasteiger partial charge in [0, 0.05) is 11.6 Å². The number of nitrogens with zero attached hydrogens (tertiary/aromatic N) is 3. The SMILES string of the molecule is CC(C)(C)n1nc(-c2ccc([N+](=O)[O-])cc2F)c(C=O)c1Cl. The van der Waals surface area contributed by atoms with Gasteiger partial charge in [-0.2, -0.15) is 5.10 Å². The summed E-state index contributed by atoms with van der Waals surface area (Å²) in [5, 5.41) is 14.9. The highest BCUT2D eigenvalue weighted by molar-refractivity contribution is 6.32. The minimum atomic E-state index is -0.840. The fourth-order valence-corrected chi connectivity index (χ4v) is 2.39. The second-order valence-corrected chi connectivity index (χ2v) is 6.03. The normalized spacial score (nSPS) is 11.5. The van der Waals surface area contributed by atoms with Gasteiger partial charge in [-0.3, -0.25) is 14.9 Å². The zero-order valence-corrected chi connectivity index (χ0v) is 12.9. The fourth-order valence-electron chi connectivity index (χ4n) is 1.97. The molecule has 22 heavy (non-hydrogen) atoms. The summed E-state index contributed by atoms with van der Waals surface area (Å²) in [6.07, 6.45) is 0.494. The van der Waals surface area contributed by atoms with Crippen LogP contribution in [0.25, 0.3) is 11.3 Å². The summed E-state index contributed by atoms with van der Waals surface area (Å²) in [5.41, 5.74) is -0.802. The molecule has 0 saturated carbocycles. The monoisotopic (exact) mass is 325 g/mol. The standard InChI is InChI=1S/C14H13ClFN3O3/c1-14(2,3)18-13(15)10(7-20)12(17-18)9-5-4-8(19(21)22)6-11(9)16/h4-7H,1-3H3. The van der Waals surface area contributed by atoms with E-state index in [-0.39, 0.29) is 27.7 Å². The average molecular weight is 326 g/mol. The van der Waals surface area contributed by atoms with Crippen molar-refractivity contribution >= 4 is 23.6 Å². The Morgan fingerprint density at radius 2 is 2.05 bits per heavy atom. The molecule has 1 aromatic carbocycles. The summed E-state index contributed by atoms with van der Waals surface area (Å²) in [7, 11) is 0. The molecule has 0 fully saturated rings. The van der Waals surface area contributed by atoms with Gasteiger partial charge in [-0.1, -0.05) is 11.6 Å². The van der Waals surface area contributed by atoms with Crippen molar-refractivity contribution in [2.24, 2.45) is 0 Å². The van der Waals surface area contributed by atoms with Crippen LogP contribution >= 0.6 is 11.6 Å². The topological polar surface area (TPSA) is 78.0 Å². The Hall–Kier alpha value is -2.28. The van der Waals surface area contributed by atoms with Gasteiger partial charge in [0.2, 0.25) is 0 Å². The van der Waals surface area contributed by atoms with E-state index >= 15 is 0 Å². The van der Waals surface area contributed by atoms with Crippen molar-refractivity contribution in [2.75, 3.05) is 0 Å². The van der Waals surface area contributed by atoms with E-state index in [0.29, 0.717) is 6.29 Å². The van der Waals surface area contributed by atoms with Crippen LogP contribution in [-0.4, -0.2) is 21.0 Å². The number of nitro groups is 1. The van der Waals surface area contributed by atoms with E-state index in [1.807, 2.05) is 20.8 Å². The summed E-state index contributed by atoms with van der Waals surface area (Å²) in [6.45, 7) is 5.49. The quantitative estimate of drug-likeness (QED) is 0.488. The lowest BCUT2D eigenvalue weighted by Crippen LogP contribution is -2.23. The number of aldehydes is 1. The first-order valence-corrected chi connectivity index (χ1v) is 6.73. The van der Waals surface area contributed by atoms with E-state index in [0.717, 1.165) is 12.1 Å². The summed E-state index contributed by atoms with van der Waals surface area (Å²) in [4.78, 5) is 21.2. The van der Waals surface area contributed by atoms with Crippen LogP contribution < -0.4 is 0 Å². The molecule has 0 amide bonds. The molecule has 0 aliphatic heterocycles. The van der Waals surface area contributed by atoms with Crippen molar-refractivity contribution in [1.29, 1.82) is 0 Å². The number of aromatic nitrogens is 2. The van der Waals surface area contributed by atoms with Gasteiger partial charge in [0.25, 0.3) is 5.69 Å². The summed E-state index contributed by atoms with van der Waals surface area (Å²) in [5.74, 6) is -0.840. The number of non-ortho nitro benzene ring substituents is 1.